The lowest BCUT2D eigenvalue weighted by Gasteiger charge is -2.31. The summed E-state index contributed by atoms with van der Waals surface area (Å²) in [6.45, 7) is 0. The molecule has 0 unspecified atom stereocenters. The molecule has 0 radical (unpaired) electrons. The maximum Gasteiger partial charge on any atom is 0.0540 e. The number of hydrogen-bond donors (Lipinski definition) is 0. The highest BCUT2D eigenvalue weighted by atomic mass is 15.2. The molecular formula is C62H46N4. The van der Waals surface area contributed by atoms with Gasteiger partial charge in [-0.2, -0.15) is 0 Å². The van der Waals surface area contributed by atoms with Gasteiger partial charge in [-0.3, -0.25) is 0 Å². The van der Waals surface area contributed by atoms with Gasteiger partial charge in [0.05, 0.1) is 11.4 Å². The summed E-state index contributed by atoms with van der Waals surface area (Å²) >= 11 is 0. The maximum atomic E-state index is 2.38. The van der Waals surface area contributed by atoms with E-state index in [1.165, 1.54) is 21.5 Å². The summed E-state index contributed by atoms with van der Waals surface area (Å²) in [5.74, 6) is 0. The van der Waals surface area contributed by atoms with Crippen LogP contribution in [0.3, 0.4) is 0 Å². The summed E-state index contributed by atoms with van der Waals surface area (Å²) in [6, 6.07) is 99.5. The highest BCUT2D eigenvalue weighted by Crippen LogP contribution is 2.45. The number of benzene rings is 11. The van der Waals surface area contributed by atoms with E-state index in [0.29, 0.717) is 0 Å². The summed E-state index contributed by atoms with van der Waals surface area (Å²) in [5, 5.41) is 4.74. The van der Waals surface area contributed by atoms with Crippen LogP contribution in [0.15, 0.2) is 279 Å². The molecule has 11 rings (SSSR count). The van der Waals surface area contributed by atoms with E-state index < -0.39 is 0 Å². The van der Waals surface area contributed by atoms with Gasteiger partial charge in [0.2, 0.25) is 0 Å². The molecule has 0 heterocycles. The molecule has 0 bridgehead atoms. The summed E-state index contributed by atoms with van der Waals surface area (Å²) in [4.78, 5) is 9.36. The van der Waals surface area contributed by atoms with E-state index in [9.17, 15) is 0 Å². The third kappa shape index (κ3) is 7.89. The Hall–Kier alpha value is -8.86. The summed E-state index contributed by atoms with van der Waals surface area (Å²) in [5.41, 5.74) is 13.0. The van der Waals surface area contributed by atoms with Crippen molar-refractivity contribution in [2.75, 3.05) is 19.6 Å². The first-order valence-electron chi connectivity index (χ1n) is 22.4. The Morgan fingerprint density at radius 3 is 0.652 bits per heavy atom. The van der Waals surface area contributed by atoms with E-state index >= 15 is 0 Å². The molecule has 0 amide bonds. The van der Waals surface area contributed by atoms with Crippen LogP contribution in [0, 0.1) is 0 Å². The van der Waals surface area contributed by atoms with Crippen LogP contribution in [0.2, 0.25) is 0 Å². The molecule has 4 nitrogen and oxygen atoms in total. The van der Waals surface area contributed by atoms with Crippen molar-refractivity contribution >= 4 is 89.8 Å². The van der Waals surface area contributed by atoms with E-state index in [0.717, 1.165) is 68.2 Å². The molecular weight excluding hydrogens is 801 g/mol. The molecule has 4 heteroatoms. The fourth-order valence-corrected chi connectivity index (χ4v) is 9.12. The second-order valence-electron chi connectivity index (χ2n) is 16.2. The van der Waals surface area contributed by atoms with Gasteiger partial charge in [-0.1, -0.05) is 146 Å². The smallest absolute Gasteiger partial charge is 0.0540 e. The van der Waals surface area contributed by atoms with Crippen molar-refractivity contribution in [3.05, 3.63) is 279 Å². The molecule has 0 aromatic heterocycles. The molecule has 314 valence electrons. The zero-order valence-electron chi connectivity index (χ0n) is 36.3. The van der Waals surface area contributed by atoms with Crippen molar-refractivity contribution < 1.29 is 0 Å². The largest absolute Gasteiger partial charge is 0.311 e. The van der Waals surface area contributed by atoms with Crippen molar-refractivity contribution in [3.63, 3.8) is 0 Å². The molecule has 0 atom stereocenters. The van der Waals surface area contributed by atoms with Crippen LogP contribution in [-0.4, -0.2) is 0 Å². The first kappa shape index (κ1) is 40.0. The molecule has 0 aliphatic carbocycles. The van der Waals surface area contributed by atoms with E-state index in [1.54, 1.807) is 0 Å². The minimum absolute atomic E-state index is 1.06. The zero-order chi connectivity index (χ0) is 44.1. The van der Waals surface area contributed by atoms with Crippen LogP contribution in [-0.2, 0) is 0 Å². The average Bonchev–Trinajstić information content (AvgIpc) is 3.39. The molecule has 0 saturated heterocycles. The van der Waals surface area contributed by atoms with E-state index in [-0.39, 0.29) is 0 Å². The van der Waals surface area contributed by atoms with Gasteiger partial charge in [-0.25, -0.2) is 0 Å². The summed E-state index contributed by atoms with van der Waals surface area (Å²) in [7, 11) is 0. The van der Waals surface area contributed by atoms with Crippen LogP contribution in [0.5, 0.6) is 0 Å². The first-order chi connectivity index (χ1) is 32.8. The Balaban J connectivity index is 1.02. The van der Waals surface area contributed by atoms with Crippen LogP contribution in [0.4, 0.5) is 68.2 Å². The number of rotatable bonds is 12. The predicted octanol–water partition coefficient (Wildman–Crippen LogP) is 17.9. The van der Waals surface area contributed by atoms with Gasteiger partial charge < -0.3 is 19.6 Å². The highest BCUT2D eigenvalue weighted by Gasteiger charge is 2.21. The fourth-order valence-electron chi connectivity index (χ4n) is 9.12. The van der Waals surface area contributed by atoms with E-state index in [2.05, 4.69) is 299 Å². The topological polar surface area (TPSA) is 13.0 Å². The quantitative estimate of drug-likeness (QED) is 0.121. The van der Waals surface area contributed by atoms with Gasteiger partial charge in [0.25, 0.3) is 0 Å². The van der Waals surface area contributed by atoms with Crippen molar-refractivity contribution in [1.82, 2.24) is 0 Å². The highest BCUT2D eigenvalue weighted by molar-refractivity contribution is 6.01. The van der Waals surface area contributed by atoms with Gasteiger partial charge in [0.15, 0.2) is 0 Å². The lowest BCUT2D eigenvalue weighted by atomic mass is 10.0. The third-order valence-electron chi connectivity index (χ3n) is 12.2. The molecule has 11 aromatic carbocycles. The molecule has 0 aliphatic rings. The lowest BCUT2D eigenvalue weighted by molar-refractivity contribution is 1.25. The molecule has 0 N–H and O–H groups in total. The Kier molecular flexibility index (Phi) is 10.9. The Labute approximate surface area is 386 Å². The van der Waals surface area contributed by atoms with Crippen molar-refractivity contribution in [2.24, 2.45) is 0 Å². The SMILES string of the molecule is c1ccc(N(c2ccccc2)c2ccc(N(c3ccc(N(c4ccc(N(c5ccccc5)c5ccccc5)cc4)c4cccc5ccccc45)cc3)c3cccc4ccccc34)cc2)cc1. The van der Waals surface area contributed by atoms with Crippen molar-refractivity contribution in [3.8, 4) is 0 Å². The summed E-state index contributed by atoms with van der Waals surface area (Å²) in [6.07, 6.45) is 0. The lowest BCUT2D eigenvalue weighted by Crippen LogP contribution is -2.14. The third-order valence-corrected chi connectivity index (χ3v) is 12.2. The second-order valence-corrected chi connectivity index (χ2v) is 16.2. The van der Waals surface area contributed by atoms with Gasteiger partial charge in [-0.05, 0) is 144 Å². The van der Waals surface area contributed by atoms with Crippen LogP contribution < -0.4 is 19.6 Å². The first-order valence-corrected chi connectivity index (χ1v) is 22.4. The van der Waals surface area contributed by atoms with Crippen LogP contribution in [0.1, 0.15) is 0 Å². The van der Waals surface area contributed by atoms with Crippen molar-refractivity contribution in [2.45, 2.75) is 0 Å². The zero-order valence-corrected chi connectivity index (χ0v) is 36.3. The maximum absolute atomic E-state index is 2.38. The van der Waals surface area contributed by atoms with Crippen LogP contribution >= 0.6 is 0 Å². The van der Waals surface area contributed by atoms with Gasteiger partial charge in [-0.15, -0.1) is 0 Å². The molecule has 11 aromatic rings. The number of para-hydroxylation sites is 4. The number of anilines is 12. The van der Waals surface area contributed by atoms with Gasteiger partial charge >= 0.3 is 0 Å². The Morgan fingerprint density at radius 1 is 0.152 bits per heavy atom. The molecule has 0 aliphatic heterocycles. The van der Waals surface area contributed by atoms with Gasteiger partial charge in [0.1, 0.15) is 0 Å². The molecule has 0 fully saturated rings. The minimum atomic E-state index is 1.06. The second kappa shape index (κ2) is 18.1. The number of nitrogens with zero attached hydrogens (tertiary/aromatic N) is 4. The standard InChI is InChI=1S/C62H46N4/c1-5-23-49(24-6-1)63(50-25-7-2-8-26-50)53-35-39-55(40-36-53)65(61-33-17-21-47-19-13-15-31-59(47)61)57-43-45-58(46-44-57)66(62-34-18-22-48-20-14-16-32-60(48)62)56-41-37-54(38-42-56)64(51-27-9-3-10-28-51)52-29-11-4-12-30-52/h1-46H. The molecule has 0 spiro atoms. The van der Waals surface area contributed by atoms with Crippen molar-refractivity contribution in [1.29, 1.82) is 0 Å². The summed E-state index contributed by atoms with van der Waals surface area (Å²) < 4.78 is 0. The molecule has 66 heavy (non-hydrogen) atoms. The Bertz CT molecular complexity index is 3020. The Morgan fingerprint density at radius 2 is 0.364 bits per heavy atom. The van der Waals surface area contributed by atoms with Gasteiger partial charge in [0, 0.05) is 67.6 Å². The van der Waals surface area contributed by atoms with Crippen LogP contribution in [0.25, 0.3) is 21.5 Å². The monoisotopic (exact) mass is 846 g/mol. The minimum Gasteiger partial charge on any atom is -0.311 e. The fraction of sp³-hybridized carbons (Fsp3) is 0. The average molecular weight is 847 g/mol. The van der Waals surface area contributed by atoms with E-state index in [4.69, 9.17) is 0 Å². The number of hydrogen-bond acceptors (Lipinski definition) is 4. The normalized spacial score (nSPS) is 11.0. The number of fused-ring (bicyclic) bond motifs is 2. The van der Waals surface area contributed by atoms with E-state index in [1.807, 2.05) is 0 Å². The predicted molar refractivity (Wildman–Crippen MR) is 280 cm³/mol. The molecule has 0 saturated carbocycles.